The fourth-order valence-corrected chi connectivity index (χ4v) is 1.87. The predicted octanol–water partition coefficient (Wildman–Crippen LogP) is 1.71. The summed E-state index contributed by atoms with van der Waals surface area (Å²) in [6.45, 7) is 0. The van der Waals surface area contributed by atoms with Crippen LogP contribution in [0.25, 0.3) is 11.0 Å². The third-order valence-corrected chi connectivity index (χ3v) is 2.52. The first-order valence-electron chi connectivity index (χ1n) is 4.19. The second-order valence-electron chi connectivity index (χ2n) is 2.94. The number of hydrogen-bond donors (Lipinski definition) is 1. The van der Waals surface area contributed by atoms with Crippen LogP contribution in [0.1, 0.15) is 12.0 Å². The van der Waals surface area contributed by atoms with Crippen molar-refractivity contribution in [2.75, 3.05) is 0 Å². The molecule has 5 heteroatoms. The number of carbonyl (C=O) groups is 1. The van der Waals surface area contributed by atoms with Gasteiger partial charge in [-0.2, -0.15) is 8.75 Å². The number of rotatable bonds is 3. The third-order valence-electron chi connectivity index (χ3n) is 1.98. The van der Waals surface area contributed by atoms with Crippen molar-refractivity contribution in [1.82, 2.24) is 8.75 Å². The normalized spacial score (nSPS) is 10.6. The molecule has 4 nitrogen and oxygen atoms in total. The van der Waals surface area contributed by atoms with Gasteiger partial charge in [-0.05, 0) is 18.1 Å². The monoisotopic (exact) mass is 208 g/mol. The molecule has 0 saturated carbocycles. The zero-order chi connectivity index (χ0) is 9.97. The van der Waals surface area contributed by atoms with E-state index in [9.17, 15) is 4.79 Å². The molecule has 0 saturated heterocycles. The van der Waals surface area contributed by atoms with Crippen molar-refractivity contribution >= 4 is 28.7 Å². The van der Waals surface area contributed by atoms with Crippen molar-refractivity contribution in [2.24, 2.45) is 0 Å². The molecule has 0 spiro atoms. The molecule has 0 radical (unpaired) electrons. The van der Waals surface area contributed by atoms with Crippen LogP contribution in [0.3, 0.4) is 0 Å². The highest BCUT2D eigenvalue weighted by Crippen LogP contribution is 2.17. The molecule has 14 heavy (non-hydrogen) atoms. The van der Waals surface area contributed by atoms with Crippen molar-refractivity contribution in [1.29, 1.82) is 0 Å². The number of benzene rings is 1. The number of aliphatic carboxylic acids is 1. The predicted molar refractivity (Wildman–Crippen MR) is 53.4 cm³/mol. The largest absolute Gasteiger partial charge is 0.481 e. The first-order valence-corrected chi connectivity index (χ1v) is 4.92. The summed E-state index contributed by atoms with van der Waals surface area (Å²) in [5.41, 5.74) is 2.63. The number of nitrogens with zero attached hydrogens (tertiary/aromatic N) is 2. The Balaban J connectivity index is 2.32. The summed E-state index contributed by atoms with van der Waals surface area (Å²) in [5.74, 6) is -0.787. The van der Waals surface area contributed by atoms with E-state index in [0.29, 0.717) is 6.42 Å². The molecule has 0 aliphatic rings. The number of hydrogen-bond acceptors (Lipinski definition) is 4. The number of aryl methyl sites for hydroxylation is 1. The lowest BCUT2D eigenvalue weighted by atomic mass is 10.1. The second-order valence-corrected chi connectivity index (χ2v) is 3.47. The summed E-state index contributed by atoms with van der Waals surface area (Å²) < 4.78 is 8.22. The Morgan fingerprint density at radius 1 is 1.43 bits per heavy atom. The van der Waals surface area contributed by atoms with Crippen LogP contribution < -0.4 is 0 Å². The molecule has 0 fully saturated rings. The van der Waals surface area contributed by atoms with Crippen LogP contribution in [0, 0.1) is 0 Å². The smallest absolute Gasteiger partial charge is 0.303 e. The van der Waals surface area contributed by atoms with E-state index in [2.05, 4.69) is 8.75 Å². The maximum absolute atomic E-state index is 10.4. The Hall–Kier alpha value is -1.49. The first kappa shape index (κ1) is 9.08. The zero-order valence-electron chi connectivity index (χ0n) is 7.30. The van der Waals surface area contributed by atoms with Gasteiger partial charge in [-0.15, -0.1) is 0 Å². The Labute approximate surface area is 84.5 Å². The molecular weight excluding hydrogens is 200 g/mol. The van der Waals surface area contributed by atoms with Crippen molar-refractivity contribution < 1.29 is 9.90 Å². The molecule has 1 N–H and O–H groups in total. The highest BCUT2D eigenvalue weighted by molar-refractivity contribution is 7.00. The third kappa shape index (κ3) is 1.72. The van der Waals surface area contributed by atoms with E-state index in [1.165, 1.54) is 0 Å². The van der Waals surface area contributed by atoms with Crippen LogP contribution in [0.2, 0.25) is 0 Å². The summed E-state index contributed by atoms with van der Waals surface area (Å²) in [6, 6.07) is 5.65. The molecule has 0 bridgehead atoms. The number of carboxylic acid groups (broad SMARTS) is 1. The molecule has 1 aromatic heterocycles. The minimum Gasteiger partial charge on any atom is -0.481 e. The molecule has 1 heterocycles. The quantitative estimate of drug-likeness (QED) is 0.834. The van der Waals surface area contributed by atoms with Gasteiger partial charge in [-0.1, -0.05) is 12.1 Å². The second kappa shape index (κ2) is 3.71. The van der Waals surface area contributed by atoms with E-state index in [-0.39, 0.29) is 6.42 Å². The van der Waals surface area contributed by atoms with Gasteiger partial charge in [0.2, 0.25) is 0 Å². The average molecular weight is 208 g/mol. The van der Waals surface area contributed by atoms with E-state index in [0.717, 1.165) is 28.3 Å². The lowest BCUT2D eigenvalue weighted by Gasteiger charge is -1.98. The maximum Gasteiger partial charge on any atom is 0.303 e. The van der Waals surface area contributed by atoms with Crippen LogP contribution in [0.4, 0.5) is 0 Å². The van der Waals surface area contributed by atoms with Gasteiger partial charge in [0.15, 0.2) is 0 Å². The summed E-state index contributed by atoms with van der Waals surface area (Å²) >= 11 is 1.15. The SMILES string of the molecule is O=C(O)CCc1cccc2nsnc12. The van der Waals surface area contributed by atoms with Crippen molar-refractivity contribution in [2.45, 2.75) is 12.8 Å². The first-order chi connectivity index (χ1) is 6.77. The van der Waals surface area contributed by atoms with E-state index in [4.69, 9.17) is 5.11 Å². The minimum atomic E-state index is -0.787. The molecule has 72 valence electrons. The Morgan fingerprint density at radius 3 is 3.07 bits per heavy atom. The standard InChI is InChI=1S/C9H8N2O2S/c12-8(13)5-4-6-2-1-3-7-9(6)11-14-10-7/h1-3H,4-5H2,(H,12,13). The van der Waals surface area contributed by atoms with Gasteiger partial charge >= 0.3 is 5.97 Å². The van der Waals surface area contributed by atoms with Crippen LogP contribution in [-0.2, 0) is 11.2 Å². The van der Waals surface area contributed by atoms with Crippen molar-refractivity contribution in [3.8, 4) is 0 Å². The lowest BCUT2D eigenvalue weighted by molar-refractivity contribution is -0.136. The maximum atomic E-state index is 10.4. The van der Waals surface area contributed by atoms with E-state index in [1.54, 1.807) is 0 Å². The topological polar surface area (TPSA) is 63.1 Å². The van der Waals surface area contributed by atoms with Gasteiger partial charge in [0.05, 0.1) is 11.7 Å². The summed E-state index contributed by atoms with van der Waals surface area (Å²) in [6.07, 6.45) is 0.648. The Morgan fingerprint density at radius 2 is 2.29 bits per heavy atom. The lowest BCUT2D eigenvalue weighted by Crippen LogP contribution is -1.97. The van der Waals surface area contributed by atoms with Crippen molar-refractivity contribution in [3.05, 3.63) is 23.8 Å². The van der Waals surface area contributed by atoms with Gasteiger partial charge in [0, 0.05) is 6.42 Å². The van der Waals surface area contributed by atoms with Crippen molar-refractivity contribution in [3.63, 3.8) is 0 Å². The average Bonchev–Trinajstić information content (AvgIpc) is 2.62. The molecule has 2 aromatic rings. The molecule has 0 aliphatic heterocycles. The van der Waals surface area contributed by atoms with E-state index < -0.39 is 5.97 Å². The molecule has 0 unspecified atom stereocenters. The number of carboxylic acids is 1. The highest BCUT2D eigenvalue weighted by atomic mass is 32.1. The van der Waals surface area contributed by atoms with Crippen LogP contribution in [0.5, 0.6) is 0 Å². The Kier molecular flexibility index (Phi) is 2.41. The van der Waals surface area contributed by atoms with Crippen LogP contribution in [-0.4, -0.2) is 19.8 Å². The summed E-state index contributed by atoms with van der Waals surface area (Å²) in [4.78, 5) is 10.4. The molecule has 0 aliphatic carbocycles. The van der Waals surface area contributed by atoms with Gasteiger partial charge < -0.3 is 5.11 Å². The number of aromatic nitrogens is 2. The van der Waals surface area contributed by atoms with E-state index >= 15 is 0 Å². The molecular formula is C9H8N2O2S. The summed E-state index contributed by atoms with van der Waals surface area (Å²) in [5, 5.41) is 8.56. The number of fused-ring (bicyclic) bond motifs is 1. The zero-order valence-corrected chi connectivity index (χ0v) is 8.12. The minimum absolute atomic E-state index is 0.136. The molecule has 2 rings (SSSR count). The van der Waals surface area contributed by atoms with Gasteiger partial charge in [-0.3, -0.25) is 4.79 Å². The van der Waals surface area contributed by atoms with Gasteiger partial charge in [-0.25, -0.2) is 0 Å². The van der Waals surface area contributed by atoms with Crippen LogP contribution >= 0.6 is 11.7 Å². The molecule has 0 atom stereocenters. The molecule has 1 aromatic carbocycles. The fraction of sp³-hybridized carbons (Fsp3) is 0.222. The van der Waals surface area contributed by atoms with Gasteiger partial charge in [0.25, 0.3) is 0 Å². The Bertz CT molecular complexity index is 467. The van der Waals surface area contributed by atoms with E-state index in [1.807, 2.05) is 18.2 Å². The van der Waals surface area contributed by atoms with Gasteiger partial charge in [0.1, 0.15) is 11.0 Å². The molecule has 0 amide bonds. The summed E-state index contributed by atoms with van der Waals surface area (Å²) in [7, 11) is 0. The van der Waals surface area contributed by atoms with Crippen LogP contribution in [0.15, 0.2) is 18.2 Å². The highest BCUT2D eigenvalue weighted by Gasteiger charge is 2.06. The fourth-order valence-electron chi connectivity index (χ4n) is 1.31.